The molecule has 7 heteroatoms. The number of hydrogen-bond acceptors (Lipinski definition) is 3. The molecular weight excluding hydrogens is 484 g/mol. The molecule has 0 radical (unpaired) electrons. The summed E-state index contributed by atoms with van der Waals surface area (Å²) in [5.74, 6) is -0.340. The third kappa shape index (κ3) is 7.49. The molecule has 1 aliphatic rings. The Morgan fingerprint density at radius 3 is 2.38 bits per heavy atom. The molecule has 37 heavy (non-hydrogen) atoms. The van der Waals surface area contributed by atoms with E-state index in [2.05, 4.69) is 36.6 Å². The molecule has 3 rings (SSSR count). The standard InChI is InChI=1S/C30H38N2O4S/c1-4-5-6-13-23-32-28-19-11-10-18-27(28)30(3,21-15-24-37(34,35)36)29(32)20-12-14-22-31(25(2)33)26-16-8-7-9-17-26/h7-12,14,16-20,22H,4-6,13,15,21,23-24H2,1-3H3/p+1. The smallest absolute Gasteiger partial charge is 0.264 e. The first-order chi connectivity index (χ1) is 17.7. The van der Waals surface area contributed by atoms with Crippen molar-refractivity contribution < 1.29 is 22.3 Å². The van der Waals surface area contributed by atoms with Gasteiger partial charge in [0.25, 0.3) is 10.1 Å². The van der Waals surface area contributed by atoms with Crippen molar-refractivity contribution >= 4 is 33.1 Å². The maximum Gasteiger partial charge on any atom is 0.264 e. The van der Waals surface area contributed by atoms with Gasteiger partial charge in [0, 0.05) is 42.9 Å². The number of carbonyl (C=O) groups excluding carboxylic acids is 1. The van der Waals surface area contributed by atoms with Gasteiger partial charge >= 0.3 is 0 Å². The Balaban J connectivity index is 1.95. The van der Waals surface area contributed by atoms with Gasteiger partial charge in [-0.1, -0.05) is 62.2 Å². The topological polar surface area (TPSA) is 77.7 Å². The number of hydrogen-bond donors (Lipinski definition) is 1. The highest BCUT2D eigenvalue weighted by Gasteiger charge is 2.46. The van der Waals surface area contributed by atoms with Crippen molar-refractivity contribution in [2.75, 3.05) is 17.2 Å². The number of anilines is 1. The number of rotatable bonds is 13. The molecule has 198 valence electrons. The van der Waals surface area contributed by atoms with Crippen LogP contribution in [0.1, 0.15) is 64.9 Å². The minimum atomic E-state index is -4.03. The van der Waals surface area contributed by atoms with E-state index >= 15 is 0 Å². The maximum absolute atomic E-state index is 12.2. The second kappa shape index (κ2) is 13.0. The summed E-state index contributed by atoms with van der Waals surface area (Å²) in [5.41, 5.74) is 3.80. The van der Waals surface area contributed by atoms with E-state index in [0.29, 0.717) is 12.8 Å². The Morgan fingerprint density at radius 2 is 1.70 bits per heavy atom. The van der Waals surface area contributed by atoms with Gasteiger partial charge in [0.2, 0.25) is 11.6 Å². The summed E-state index contributed by atoms with van der Waals surface area (Å²) >= 11 is 0. The van der Waals surface area contributed by atoms with E-state index in [0.717, 1.165) is 36.5 Å². The quantitative estimate of drug-likeness (QED) is 0.142. The number of carbonyl (C=O) groups is 1. The van der Waals surface area contributed by atoms with Crippen molar-refractivity contribution in [3.05, 3.63) is 84.6 Å². The van der Waals surface area contributed by atoms with E-state index in [1.54, 1.807) is 11.1 Å². The van der Waals surface area contributed by atoms with Crippen molar-refractivity contribution in [2.45, 2.75) is 64.7 Å². The largest absolute Gasteiger partial charge is 0.288 e. The lowest BCUT2D eigenvalue weighted by Gasteiger charge is -2.22. The van der Waals surface area contributed by atoms with E-state index in [-0.39, 0.29) is 11.7 Å². The SMILES string of the molecule is CCCCCC[N+]1=C(/C=C/C=C/N(C(C)=O)c2ccccc2)C(C)(CCCS(=O)(=O)O)c2ccccc21. The first-order valence-corrected chi connectivity index (χ1v) is 14.7. The second-order valence-electron chi connectivity index (χ2n) is 9.76. The third-order valence-electron chi connectivity index (χ3n) is 6.93. The summed E-state index contributed by atoms with van der Waals surface area (Å²) in [7, 11) is -4.03. The van der Waals surface area contributed by atoms with Gasteiger partial charge in [-0.2, -0.15) is 13.0 Å². The Bertz CT molecular complexity index is 1270. The van der Waals surface area contributed by atoms with Crippen LogP contribution in [0.15, 0.2) is 79.0 Å². The second-order valence-corrected chi connectivity index (χ2v) is 11.3. The molecule has 1 N–H and O–H groups in total. The van der Waals surface area contributed by atoms with Crippen LogP contribution in [-0.2, 0) is 20.3 Å². The molecule has 0 aliphatic carbocycles. The van der Waals surface area contributed by atoms with Gasteiger partial charge in [-0.3, -0.25) is 14.2 Å². The molecule has 2 aromatic carbocycles. The van der Waals surface area contributed by atoms with Gasteiger partial charge < -0.3 is 0 Å². The number of allylic oxidation sites excluding steroid dienone is 3. The van der Waals surface area contributed by atoms with E-state index < -0.39 is 15.5 Å². The van der Waals surface area contributed by atoms with Gasteiger partial charge in [0.1, 0.15) is 6.54 Å². The lowest BCUT2D eigenvalue weighted by molar-refractivity contribution is -0.438. The molecular formula is C30H39N2O4S+. The highest BCUT2D eigenvalue weighted by atomic mass is 32.2. The number of nitrogens with zero attached hydrogens (tertiary/aromatic N) is 2. The predicted octanol–water partition coefficient (Wildman–Crippen LogP) is 6.41. The Labute approximate surface area is 221 Å². The fourth-order valence-electron chi connectivity index (χ4n) is 5.07. The maximum atomic E-state index is 12.2. The molecule has 0 fully saturated rings. The third-order valence-corrected chi connectivity index (χ3v) is 7.74. The summed E-state index contributed by atoms with van der Waals surface area (Å²) in [6.07, 6.45) is 13.1. The van der Waals surface area contributed by atoms with Gasteiger partial charge in [0.05, 0.1) is 11.2 Å². The number of benzene rings is 2. The van der Waals surface area contributed by atoms with E-state index in [9.17, 15) is 17.8 Å². The van der Waals surface area contributed by atoms with Crippen LogP contribution < -0.4 is 4.90 Å². The normalized spacial score (nSPS) is 17.6. The minimum absolute atomic E-state index is 0.0793. The van der Waals surface area contributed by atoms with Crippen LogP contribution in [0.2, 0.25) is 0 Å². The molecule has 1 heterocycles. The van der Waals surface area contributed by atoms with E-state index in [1.165, 1.54) is 25.3 Å². The van der Waals surface area contributed by atoms with Crippen LogP contribution in [0, 0.1) is 0 Å². The molecule has 1 atom stereocenters. The zero-order chi connectivity index (χ0) is 26.9. The predicted molar refractivity (Wildman–Crippen MR) is 151 cm³/mol. The van der Waals surface area contributed by atoms with Gasteiger partial charge in [0.15, 0.2) is 5.71 Å². The van der Waals surface area contributed by atoms with Crippen LogP contribution in [0.5, 0.6) is 0 Å². The lowest BCUT2D eigenvalue weighted by Crippen LogP contribution is -2.32. The molecule has 6 nitrogen and oxygen atoms in total. The van der Waals surface area contributed by atoms with Crippen molar-refractivity contribution in [2.24, 2.45) is 0 Å². The Hall–Kier alpha value is -3.03. The number of fused-ring (bicyclic) bond motifs is 1. The molecule has 1 amide bonds. The minimum Gasteiger partial charge on any atom is -0.288 e. The Kier molecular flexibility index (Phi) is 10.0. The molecule has 2 aromatic rings. The summed E-state index contributed by atoms with van der Waals surface area (Å²) in [6, 6.07) is 17.8. The summed E-state index contributed by atoms with van der Waals surface area (Å²) in [6.45, 7) is 6.76. The zero-order valence-electron chi connectivity index (χ0n) is 22.1. The number of para-hydroxylation sites is 2. The first-order valence-electron chi connectivity index (χ1n) is 13.1. The van der Waals surface area contributed by atoms with E-state index in [1.807, 2.05) is 54.6 Å². The number of unbranched alkanes of at least 4 members (excludes halogenated alkanes) is 3. The molecule has 0 spiro atoms. The van der Waals surface area contributed by atoms with Gasteiger partial charge in [-0.15, -0.1) is 0 Å². The molecule has 0 saturated carbocycles. The van der Waals surface area contributed by atoms with E-state index in [4.69, 9.17) is 0 Å². The van der Waals surface area contributed by atoms with Crippen LogP contribution in [0.3, 0.4) is 0 Å². The van der Waals surface area contributed by atoms with Crippen molar-refractivity contribution in [3.63, 3.8) is 0 Å². The molecule has 0 saturated heterocycles. The summed E-state index contributed by atoms with van der Waals surface area (Å²) in [5, 5.41) is 0. The van der Waals surface area contributed by atoms with Crippen molar-refractivity contribution in [1.82, 2.24) is 0 Å². The number of amides is 1. The van der Waals surface area contributed by atoms with Gasteiger partial charge in [-0.05, 0) is 44.4 Å². The fraction of sp³-hybridized carbons (Fsp3) is 0.400. The Morgan fingerprint density at radius 1 is 1.00 bits per heavy atom. The monoisotopic (exact) mass is 523 g/mol. The van der Waals surface area contributed by atoms with Crippen LogP contribution in [0.25, 0.3) is 0 Å². The fourth-order valence-corrected chi connectivity index (χ4v) is 5.58. The zero-order valence-corrected chi connectivity index (χ0v) is 23.0. The molecule has 0 aromatic heterocycles. The van der Waals surface area contributed by atoms with Crippen molar-refractivity contribution in [3.8, 4) is 0 Å². The van der Waals surface area contributed by atoms with Crippen LogP contribution in [-0.4, -0.2) is 41.5 Å². The van der Waals surface area contributed by atoms with Crippen LogP contribution in [0.4, 0.5) is 11.4 Å². The average molecular weight is 524 g/mol. The summed E-state index contributed by atoms with van der Waals surface area (Å²) < 4.78 is 34.5. The highest BCUT2D eigenvalue weighted by Crippen LogP contribution is 2.43. The summed E-state index contributed by atoms with van der Waals surface area (Å²) in [4.78, 5) is 13.8. The van der Waals surface area contributed by atoms with Crippen molar-refractivity contribution in [1.29, 1.82) is 0 Å². The molecule has 1 unspecified atom stereocenters. The highest BCUT2D eigenvalue weighted by molar-refractivity contribution is 7.85. The van der Waals surface area contributed by atoms with Crippen LogP contribution >= 0.6 is 0 Å². The molecule has 0 bridgehead atoms. The lowest BCUT2D eigenvalue weighted by atomic mass is 9.76. The average Bonchev–Trinajstić information content (AvgIpc) is 3.09. The molecule has 1 aliphatic heterocycles. The van der Waals surface area contributed by atoms with Gasteiger partial charge in [-0.25, -0.2) is 0 Å². The first kappa shape index (κ1) is 28.5.